The van der Waals surface area contributed by atoms with Crippen LogP contribution in [-0.2, 0) is 0 Å². The Balaban J connectivity index is 0.00000144. The van der Waals surface area contributed by atoms with Crippen LogP contribution in [0, 0.1) is 0 Å². The average molecular weight is 215 g/mol. The van der Waals surface area contributed by atoms with Crippen LogP contribution in [0.15, 0.2) is 17.3 Å². The Labute approximate surface area is 80.5 Å². The van der Waals surface area contributed by atoms with Crippen molar-refractivity contribution in [2.24, 2.45) is 4.99 Å². The van der Waals surface area contributed by atoms with Gasteiger partial charge in [0, 0.05) is 19.3 Å². The molecule has 0 spiro atoms. The molecule has 1 rings (SSSR count). The molecule has 13 heavy (non-hydrogen) atoms. The molecule has 0 N–H and O–H groups in total. The van der Waals surface area contributed by atoms with E-state index in [4.69, 9.17) is 0 Å². The van der Waals surface area contributed by atoms with Crippen LogP contribution in [0.1, 0.15) is 6.42 Å². The van der Waals surface area contributed by atoms with Crippen molar-refractivity contribution < 1.29 is 13.2 Å². The molecule has 0 unspecified atom stereocenters. The van der Waals surface area contributed by atoms with Gasteiger partial charge in [0.05, 0.1) is 12.8 Å². The van der Waals surface area contributed by atoms with Gasteiger partial charge in [-0.3, -0.25) is 0 Å². The van der Waals surface area contributed by atoms with E-state index in [2.05, 4.69) is 4.99 Å². The molecule has 0 radical (unpaired) electrons. The molecule has 0 aliphatic carbocycles. The maximum atomic E-state index is 11.7. The van der Waals surface area contributed by atoms with Crippen molar-refractivity contribution in [3.05, 3.63) is 12.3 Å². The Kier molecular flexibility index (Phi) is 4.83. The second-order valence-corrected chi connectivity index (χ2v) is 2.51. The van der Waals surface area contributed by atoms with Gasteiger partial charge in [-0.25, -0.2) is 4.99 Å². The molecule has 0 bridgehead atoms. The third-order valence-electron chi connectivity index (χ3n) is 1.44. The maximum Gasteiger partial charge on any atom is 0.390 e. The van der Waals surface area contributed by atoms with Gasteiger partial charge < -0.3 is 4.90 Å². The lowest BCUT2D eigenvalue weighted by Crippen LogP contribution is -2.28. The van der Waals surface area contributed by atoms with Crippen LogP contribution in [0.2, 0.25) is 0 Å². The molecular weight excluding hydrogens is 205 g/mol. The van der Waals surface area contributed by atoms with Gasteiger partial charge >= 0.3 is 6.18 Å². The third-order valence-corrected chi connectivity index (χ3v) is 1.44. The lowest BCUT2D eigenvalue weighted by molar-refractivity contribution is -0.135. The zero-order valence-electron chi connectivity index (χ0n) is 6.79. The number of halogens is 4. The first-order chi connectivity index (χ1) is 5.58. The highest BCUT2D eigenvalue weighted by Gasteiger charge is 2.27. The van der Waals surface area contributed by atoms with E-state index in [1.165, 1.54) is 11.2 Å². The topological polar surface area (TPSA) is 15.6 Å². The Morgan fingerprint density at radius 3 is 2.54 bits per heavy atom. The smallest absolute Gasteiger partial charge is 0.358 e. The summed E-state index contributed by atoms with van der Waals surface area (Å²) < 4.78 is 35.2. The van der Waals surface area contributed by atoms with Crippen molar-refractivity contribution in [1.29, 1.82) is 0 Å². The zero-order valence-corrected chi connectivity index (χ0v) is 7.61. The molecule has 76 valence electrons. The minimum absolute atomic E-state index is 0. The summed E-state index contributed by atoms with van der Waals surface area (Å²) in [5.41, 5.74) is 0. The molecule has 0 fully saturated rings. The van der Waals surface area contributed by atoms with Gasteiger partial charge in [-0.2, -0.15) is 13.2 Å². The molecule has 1 heterocycles. The molecule has 6 heteroatoms. The van der Waals surface area contributed by atoms with E-state index in [-0.39, 0.29) is 19.0 Å². The Bertz CT molecular complexity index is 200. The highest BCUT2D eigenvalue weighted by atomic mass is 35.5. The fourth-order valence-electron chi connectivity index (χ4n) is 0.843. The van der Waals surface area contributed by atoms with Gasteiger partial charge in [0.2, 0.25) is 0 Å². The average Bonchev–Trinajstić information content (AvgIpc) is 2.02. The first kappa shape index (κ1) is 12.3. The minimum atomic E-state index is -4.07. The van der Waals surface area contributed by atoms with E-state index in [1.807, 2.05) is 0 Å². The van der Waals surface area contributed by atoms with Gasteiger partial charge in [0.15, 0.2) is 0 Å². The number of hydrogen-bond donors (Lipinski definition) is 0. The summed E-state index contributed by atoms with van der Waals surface area (Å²) in [6, 6.07) is 0. The molecule has 0 aromatic carbocycles. The predicted molar refractivity (Wildman–Crippen MR) is 47.1 cm³/mol. The second-order valence-electron chi connectivity index (χ2n) is 2.51. The Morgan fingerprint density at radius 2 is 2.08 bits per heavy atom. The van der Waals surface area contributed by atoms with Crippen LogP contribution in [0.4, 0.5) is 13.2 Å². The highest BCUT2D eigenvalue weighted by molar-refractivity contribution is 5.85. The normalized spacial score (nSPS) is 15.8. The minimum Gasteiger partial charge on any atom is -0.358 e. The van der Waals surface area contributed by atoms with Crippen LogP contribution >= 0.6 is 12.4 Å². The lowest BCUT2D eigenvalue weighted by Gasteiger charge is -2.19. The Morgan fingerprint density at radius 1 is 1.38 bits per heavy atom. The summed E-state index contributed by atoms with van der Waals surface area (Å²) in [5.74, 6) is 0. The molecule has 0 atom stereocenters. The van der Waals surface area contributed by atoms with Crippen LogP contribution < -0.4 is 0 Å². The molecule has 1 aliphatic heterocycles. The lowest BCUT2D eigenvalue weighted by atomic mass is 10.3. The number of nitrogens with zero attached hydrogens (tertiary/aromatic N) is 2. The van der Waals surface area contributed by atoms with E-state index < -0.39 is 12.6 Å². The third kappa shape index (κ3) is 5.52. The van der Waals surface area contributed by atoms with E-state index in [0.717, 1.165) is 0 Å². The predicted octanol–water partition coefficient (Wildman–Crippen LogP) is 2.22. The number of hydrogen-bond acceptors (Lipinski definition) is 2. The molecule has 1 aliphatic rings. The van der Waals surface area contributed by atoms with E-state index >= 15 is 0 Å². The van der Waals surface area contributed by atoms with Crippen molar-refractivity contribution in [2.75, 3.05) is 13.1 Å². The first-order valence-electron chi connectivity index (χ1n) is 3.57. The van der Waals surface area contributed by atoms with Crippen molar-refractivity contribution in [1.82, 2.24) is 4.90 Å². The highest BCUT2D eigenvalue weighted by Crippen LogP contribution is 2.19. The van der Waals surface area contributed by atoms with Crippen LogP contribution in [-0.4, -0.2) is 30.5 Å². The molecule has 0 saturated carbocycles. The van der Waals surface area contributed by atoms with Crippen molar-refractivity contribution >= 4 is 18.7 Å². The molecular formula is C7H10ClF3N2. The summed E-state index contributed by atoms with van der Waals surface area (Å²) in [4.78, 5) is 5.23. The summed E-state index contributed by atoms with van der Waals surface area (Å²) >= 11 is 0. The molecule has 0 amide bonds. The number of alkyl halides is 3. The zero-order chi connectivity index (χ0) is 9.03. The van der Waals surface area contributed by atoms with Gasteiger partial charge in [0.25, 0.3) is 0 Å². The van der Waals surface area contributed by atoms with E-state index in [1.54, 1.807) is 12.3 Å². The fourth-order valence-corrected chi connectivity index (χ4v) is 0.843. The van der Waals surface area contributed by atoms with Gasteiger partial charge in [-0.15, -0.1) is 12.4 Å². The van der Waals surface area contributed by atoms with Gasteiger partial charge in [-0.05, 0) is 6.08 Å². The number of rotatable bonds is 2. The largest absolute Gasteiger partial charge is 0.390 e. The van der Waals surface area contributed by atoms with E-state index in [9.17, 15) is 13.2 Å². The van der Waals surface area contributed by atoms with Crippen molar-refractivity contribution in [3.8, 4) is 0 Å². The Hall–Kier alpha value is -0.710. The summed E-state index contributed by atoms with van der Waals surface area (Å²) in [5, 5.41) is 0. The van der Waals surface area contributed by atoms with Crippen LogP contribution in [0.25, 0.3) is 0 Å². The van der Waals surface area contributed by atoms with Crippen molar-refractivity contribution in [3.63, 3.8) is 0 Å². The maximum absolute atomic E-state index is 11.7. The van der Waals surface area contributed by atoms with Gasteiger partial charge in [0.1, 0.15) is 0 Å². The summed E-state index contributed by atoms with van der Waals surface area (Å²) in [6.45, 7) is 0.497. The number of aliphatic imine (C=N–C) groups is 1. The van der Waals surface area contributed by atoms with Crippen LogP contribution in [0.5, 0.6) is 0 Å². The SMILES string of the molecule is Cl.FC(F)(F)CCN1C=NC=CC1. The van der Waals surface area contributed by atoms with E-state index in [0.29, 0.717) is 6.54 Å². The summed E-state index contributed by atoms with van der Waals surface area (Å²) in [6.07, 6.45) is -0.145. The van der Waals surface area contributed by atoms with Crippen molar-refractivity contribution in [2.45, 2.75) is 12.6 Å². The molecule has 0 aromatic heterocycles. The molecule has 0 saturated heterocycles. The van der Waals surface area contributed by atoms with Crippen LogP contribution in [0.3, 0.4) is 0 Å². The molecule has 2 nitrogen and oxygen atoms in total. The quantitative estimate of drug-likeness (QED) is 0.688. The second kappa shape index (κ2) is 5.11. The molecule has 0 aromatic rings. The summed E-state index contributed by atoms with van der Waals surface area (Å²) in [7, 11) is 0. The fraction of sp³-hybridized carbons (Fsp3) is 0.571. The monoisotopic (exact) mass is 214 g/mol. The standard InChI is InChI=1S/C7H9F3N2.ClH/c8-7(9,10)2-5-12-4-1-3-11-6-12;/h1,3,6H,2,4-5H2;1H. The first-order valence-corrected chi connectivity index (χ1v) is 3.57. The van der Waals surface area contributed by atoms with Gasteiger partial charge in [-0.1, -0.05) is 0 Å².